The van der Waals surface area contributed by atoms with Crippen LogP contribution in [-0.2, 0) is 21.3 Å². The summed E-state index contributed by atoms with van der Waals surface area (Å²) in [6.07, 6.45) is 3.05. The van der Waals surface area contributed by atoms with E-state index in [0.717, 1.165) is 5.56 Å². The van der Waals surface area contributed by atoms with E-state index >= 15 is 0 Å². The van der Waals surface area contributed by atoms with Gasteiger partial charge < -0.3 is 19.9 Å². The van der Waals surface area contributed by atoms with Crippen molar-refractivity contribution in [2.75, 3.05) is 6.54 Å². The number of aromatic nitrogens is 2. The Bertz CT molecular complexity index is 669. The number of carbonyl (C=O) groups excluding carboxylic acids is 1. The average Bonchev–Trinajstić information content (AvgIpc) is 3.03. The third-order valence-corrected chi connectivity index (χ3v) is 4.55. The zero-order valence-corrected chi connectivity index (χ0v) is 14.3. The maximum atomic E-state index is 11.8. The van der Waals surface area contributed by atoms with E-state index in [4.69, 9.17) is 9.47 Å². The van der Waals surface area contributed by atoms with E-state index in [9.17, 15) is 14.7 Å². The summed E-state index contributed by atoms with van der Waals surface area (Å²) >= 11 is 0. The molecule has 0 aromatic carbocycles. The van der Waals surface area contributed by atoms with E-state index in [-0.39, 0.29) is 6.54 Å². The molecule has 8 nitrogen and oxygen atoms in total. The second-order valence-electron chi connectivity index (χ2n) is 7.80. The van der Waals surface area contributed by atoms with Gasteiger partial charge in [-0.05, 0) is 33.6 Å². The quantitative estimate of drug-likeness (QED) is 0.865. The molecule has 1 amide bonds. The Hall–Kier alpha value is -2.09. The van der Waals surface area contributed by atoms with E-state index in [0.29, 0.717) is 12.8 Å². The monoisotopic (exact) mass is 337 g/mol. The van der Waals surface area contributed by atoms with Gasteiger partial charge in [0.1, 0.15) is 17.1 Å². The number of nitrogens with one attached hydrogen (secondary N) is 1. The number of aryl methyl sites for hydroxylation is 1. The smallest absolute Gasteiger partial charge is 0.407 e. The number of carbonyl (C=O) groups is 2. The number of carboxylic acid groups (broad SMARTS) is 1. The van der Waals surface area contributed by atoms with Crippen molar-refractivity contribution in [3.63, 3.8) is 0 Å². The molecule has 1 aromatic rings. The van der Waals surface area contributed by atoms with Crippen molar-refractivity contribution in [1.82, 2.24) is 15.1 Å². The normalized spacial score (nSPS) is 31.4. The van der Waals surface area contributed by atoms with Gasteiger partial charge in [-0.3, -0.25) is 9.48 Å². The van der Waals surface area contributed by atoms with Crippen molar-refractivity contribution >= 4 is 12.1 Å². The molecule has 4 rings (SSSR count). The first-order chi connectivity index (χ1) is 11.1. The van der Waals surface area contributed by atoms with Crippen LogP contribution in [0.15, 0.2) is 12.4 Å². The highest BCUT2D eigenvalue weighted by molar-refractivity contribution is 5.79. The molecule has 24 heavy (non-hydrogen) atoms. The zero-order chi connectivity index (χ0) is 17.8. The molecule has 1 saturated carbocycles. The Kier molecular flexibility index (Phi) is 3.63. The SMILES string of the molecule is Cn1cc(C2OC3(CNC(=O)OC(C)(C)C)CC2(C(=O)O)C3)cn1. The van der Waals surface area contributed by atoms with Gasteiger partial charge in [-0.25, -0.2) is 4.79 Å². The minimum atomic E-state index is -0.946. The lowest BCUT2D eigenvalue weighted by Crippen LogP contribution is -2.54. The number of amides is 1. The summed E-state index contributed by atoms with van der Waals surface area (Å²) in [5.41, 5.74) is -1.44. The number of hydrogen-bond acceptors (Lipinski definition) is 5. The van der Waals surface area contributed by atoms with E-state index in [1.165, 1.54) is 0 Å². The van der Waals surface area contributed by atoms with Crippen LogP contribution >= 0.6 is 0 Å². The summed E-state index contributed by atoms with van der Waals surface area (Å²) in [7, 11) is 1.77. The summed E-state index contributed by atoms with van der Waals surface area (Å²) < 4.78 is 12.9. The first kappa shape index (κ1) is 16.8. The molecule has 3 heterocycles. The van der Waals surface area contributed by atoms with Gasteiger partial charge in [0.05, 0.1) is 18.3 Å². The molecule has 3 aliphatic rings. The highest BCUT2D eigenvalue weighted by Gasteiger charge is 2.72. The van der Waals surface area contributed by atoms with Gasteiger partial charge in [-0.15, -0.1) is 0 Å². The summed E-state index contributed by atoms with van der Waals surface area (Å²) in [5.74, 6) is -0.873. The lowest BCUT2D eigenvalue weighted by Gasteiger charge is -2.42. The Labute approximate surface area is 140 Å². The maximum absolute atomic E-state index is 11.8. The lowest BCUT2D eigenvalue weighted by molar-refractivity contribution is -0.155. The van der Waals surface area contributed by atoms with Crippen molar-refractivity contribution in [3.8, 4) is 0 Å². The highest BCUT2D eigenvalue weighted by Crippen LogP contribution is 2.67. The van der Waals surface area contributed by atoms with E-state index in [2.05, 4.69) is 10.4 Å². The van der Waals surface area contributed by atoms with E-state index in [1.807, 2.05) is 0 Å². The molecule has 0 radical (unpaired) electrons. The van der Waals surface area contributed by atoms with Gasteiger partial charge in [0, 0.05) is 18.8 Å². The van der Waals surface area contributed by atoms with Gasteiger partial charge in [0.25, 0.3) is 0 Å². The van der Waals surface area contributed by atoms with Crippen molar-refractivity contribution in [3.05, 3.63) is 18.0 Å². The number of ether oxygens (including phenoxy) is 2. The lowest BCUT2D eigenvalue weighted by atomic mass is 9.59. The number of rotatable bonds is 4. The van der Waals surface area contributed by atoms with Crippen LogP contribution in [0.4, 0.5) is 4.79 Å². The van der Waals surface area contributed by atoms with Crippen molar-refractivity contribution in [2.45, 2.75) is 50.9 Å². The largest absolute Gasteiger partial charge is 0.481 e. The third-order valence-electron chi connectivity index (χ3n) is 4.55. The summed E-state index contributed by atoms with van der Waals surface area (Å²) in [4.78, 5) is 23.6. The van der Waals surface area contributed by atoms with Gasteiger partial charge in [-0.2, -0.15) is 5.10 Å². The average molecular weight is 337 g/mol. The molecule has 2 aliphatic heterocycles. The predicted octanol–water partition coefficient (Wildman–Crippen LogP) is 1.62. The molecule has 1 aliphatic carbocycles. The second kappa shape index (κ2) is 5.20. The zero-order valence-electron chi connectivity index (χ0n) is 14.3. The van der Waals surface area contributed by atoms with Crippen LogP contribution in [0.5, 0.6) is 0 Å². The molecular weight excluding hydrogens is 314 g/mol. The van der Waals surface area contributed by atoms with E-state index < -0.39 is 34.8 Å². The van der Waals surface area contributed by atoms with Crippen LogP contribution in [0.3, 0.4) is 0 Å². The number of aliphatic carboxylic acids is 1. The number of alkyl carbamates (subject to hydrolysis) is 1. The van der Waals surface area contributed by atoms with Crippen LogP contribution < -0.4 is 5.32 Å². The fraction of sp³-hybridized carbons (Fsp3) is 0.688. The molecule has 2 N–H and O–H groups in total. The van der Waals surface area contributed by atoms with Crippen molar-refractivity contribution < 1.29 is 24.2 Å². The molecular formula is C16H23N3O5. The molecule has 0 spiro atoms. The first-order valence-corrected chi connectivity index (χ1v) is 7.92. The number of fused-ring (bicyclic) bond motifs is 1. The minimum Gasteiger partial charge on any atom is -0.481 e. The molecule has 2 saturated heterocycles. The third kappa shape index (κ3) is 2.75. The maximum Gasteiger partial charge on any atom is 0.407 e. The molecule has 1 unspecified atom stereocenters. The van der Waals surface area contributed by atoms with Gasteiger partial charge in [-0.1, -0.05) is 0 Å². The van der Waals surface area contributed by atoms with Gasteiger partial charge >= 0.3 is 12.1 Å². The topological polar surface area (TPSA) is 103 Å². The fourth-order valence-electron chi connectivity index (χ4n) is 3.67. The first-order valence-electron chi connectivity index (χ1n) is 7.92. The summed E-state index contributed by atoms with van der Waals surface area (Å²) in [6, 6.07) is 0. The molecule has 1 atom stereocenters. The second-order valence-corrected chi connectivity index (χ2v) is 7.80. The molecule has 2 bridgehead atoms. The number of hydrogen-bond donors (Lipinski definition) is 2. The standard InChI is InChI=1S/C16H23N3O5/c1-14(2,3)24-13(22)17-9-15-7-16(8-15,12(20)21)11(23-15)10-5-18-19(4)6-10/h5-6,11H,7-9H2,1-4H3,(H,17,22)(H,20,21). The summed E-state index contributed by atoms with van der Waals surface area (Å²) in [6.45, 7) is 5.59. The Morgan fingerprint density at radius 2 is 2.17 bits per heavy atom. The minimum absolute atomic E-state index is 0.230. The number of carboxylic acids is 1. The Morgan fingerprint density at radius 3 is 2.67 bits per heavy atom. The summed E-state index contributed by atoms with van der Waals surface area (Å²) in [5, 5.41) is 16.5. The van der Waals surface area contributed by atoms with Crippen LogP contribution in [0, 0.1) is 5.41 Å². The Balaban J connectivity index is 1.69. The Morgan fingerprint density at radius 1 is 1.50 bits per heavy atom. The van der Waals surface area contributed by atoms with Gasteiger partial charge in [0.2, 0.25) is 0 Å². The molecule has 132 valence electrons. The van der Waals surface area contributed by atoms with Crippen molar-refractivity contribution in [1.29, 1.82) is 0 Å². The van der Waals surface area contributed by atoms with Crippen LogP contribution in [0.25, 0.3) is 0 Å². The highest BCUT2D eigenvalue weighted by atomic mass is 16.6. The van der Waals surface area contributed by atoms with Crippen molar-refractivity contribution in [2.24, 2.45) is 12.5 Å². The molecule has 3 fully saturated rings. The molecule has 8 heteroatoms. The fourth-order valence-corrected chi connectivity index (χ4v) is 3.67. The van der Waals surface area contributed by atoms with Crippen LogP contribution in [0.1, 0.15) is 45.3 Å². The van der Waals surface area contributed by atoms with Crippen LogP contribution in [-0.4, -0.2) is 44.7 Å². The predicted molar refractivity (Wildman–Crippen MR) is 83.3 cm³/mol. The van der Waals surface area contributed by atoms with Crippen LogP contribution in [0.2, 0.25) is 0 Å². The number of nitrogens with zero attached hydrogens (tertiary/aromatic N) is 2. The van der Waals surface area contributed by atoms with E-state index in [1.54, 1.807) is 44.9 Å². The molecule has 1 aromatic heterocycles. The van der Waals surface area contributed by atoms with Gasteiger partial charge in [0.15, 0.2) is 0 Å².